The van der Waals surface area contributed by atoms with Crippen LogP contribution in [0.3, 0.4) is 0 Å². The zero-order chi connectivity index (χ0) is 75.3. The van der Waals surface area contributed by atoms with Crippen molar-refractivity contribution in [2.24, 2.45) is 23.7 Å². The summed E-state index contributed by atoms with van der Waals surface area (Å²) in [5.74, 6) is 1.00. The number of rotatable bonds is 80. The fourth-order valence-electron chi connectivity index (χ4n) is 12.8. The van der Waals surface area contributed by atoms with E-state index in [1.807, 2.05) is 0 Å². The molecule has 5 atom stereocenters. The van der Waals surface area contributed by atoms with E-state index in [1.165, 1.54) is 231 Å². The van der Waals surface area contributed by atoms with Gasteiger partial charge in [-0.15, -0.1) is 0 Å². The molecule has 606 valence electrons. The maximum absolute atomic E-state index is 13.1. The van der Waals surface area contributed by atoms with Crippen molar-refractivity contribution < 1.29 is 80.2 Å². The minimum atomic E-state index is -4.96. The number of carbonyl (C=O) groups is 4. The average molecular weight is 1490 g/mol. The van der Waals surface area contributed by atoms with Crippen molar-refractivity contribution in [3.63, 3.8) is 0 Å². The SMILES string of the molecule is CC(C)CCCCCCCCCCCCCCCCCCC(=O)O[C@H](COC(=O)CCCCCCCCCCCCCCCC(C)C)COP(=O)(O)OC[C@@H](O)COP(=O)(O)OC[C@@H](COC(=O)CCCCCCCCCCC(C)C)OC(=O)CCCCCCCCCCCCCCCC(C)C. The second-order valence-corrected chi connectivity index (χ2v) is 34.7. The van der Waals surface area contributed by atoms with Gasteiger partial charge in [-0.05, 0) is 49.4 Å². The van der Waals surface area contributed by atoms with Gasteiger partial charge in [0, 0.05) is 25.7 Å². The molecule has 0 heterocycles. The standard InChI is InChI=1S/C83H162O17P2/c1-73(2)59-51-43-35-27-21-15-11-9-10-12-18-25-31-41-49-57-65-82(87)99-78(69-93-80(85)63-55-47-39-30-24-19-13-16-22-28-36-44-52-60-74(3)4)71-97-101(89,90)95-67-77(84)68-96-102(91,92)98-72-79(70-94-81(86)64-56-48-40-34-33-38-46-54-62-76(7)8)100-83(88)66-58-50-42-32-26-20-14-17-23-29-37-45-53-61-75(5)6/h73-79,84H,9-72H2,1-8H3,(H,89,90)(H,91,92)/t77-,78-,79-/m1/s1. The van der Waals surface area contributed by atoms with Crippen LogP contribution in [-0.2, 0) is 65.4 Å². The van der Waals surface area contributed by atoms with Crippen LogP contribution in [0.2, 0.25) is 0 Å². The molecule has 0 amide bonds. The number of aliphatic hydroxyl groups is 1. The third-order valence-electron chi connectivity index (χ3n) is 19.3. The van der Waals surface area contributed by atoms with E-state index in [9.17, 15) is 43.2 Å². The molecule has 0 spiro atoms. The maximum atomic E-state index is 13.1. The summed E-state index contributed by atoms with van der Waals surface area (Å²) in [4.78, 5) is 73.1. The summed E-state index contributed by atoms with van der Waals surface area (Å²) in [6.45, 7) is 14.3. The van der Waals surface area contributed by atoms with E-state index in [-0.39, 0.29) is 25.7 Å². The summed E-state index contributed by atoms with van der Waals surface area (Å²) >= 11 is 0. The Hall–Kier alpha value is -1.94. The monoisotopic (exact) mass is 1490 g/mol. The number of esters is 4. The number of phosphoric acid groups is 2. The first-order valence-corrected chi connectivity index (χ1v) is 45.7. The number of aliphatic hydroxyl groups excluding tert-OH is 1. The van der Waals surface area contributed by atoms with Gasteiger partial charge in [-0.1, -0.05) is 376 Å². The molecule has 0 aliphatic rings. The quantitative estimate of drug-likeness (QED) is 0.0222. The summed E-state index contributed by atoms with van der Waals surface area (Å²) < 4.78 is 68.8. The Balaban J connectivity index is 5.26. The highest BCUT2D eigenvalue weighted by Gasteiger charge is 2.30. The molecular weight excluding hydrogens is 1330 g/mol. The third-order valence-corrected chi connectivity index (χ3v) is 21.2. The lowest BCUT2D eigenvalue weighted by atomic mass is 10.0. The van der Waals surface area contributed by atoms with Crippen LogP contribution in [0.15, 0.2) is 0 Å². The van der Waals surface area contributed by atoms with E-state index >= 15 is 0 Å². The predicted octanol–water partition coefficient (Wildman–Crippen LogP) is 24.8. The van der Waals surface area contributed by atoms with Crippen LogP contribution in [0.4, 0.5) is 0 Å². The summed E-state index contributed by atoms with van der Waals surface area (Å²) in [6, 6.07) is 0. The molecule has 2 unspecified atom stereocenters. The first-order chi connectivity index (χ1) is 49.1. The molecular formula is C83H162O17P2. The lowest BCUT2D eigenvalue weighted by molar-refractivity contribution is -0.161. The van der Waals surface area contributed by atoms with Crippen molar-refractivity contribution in [2.75, 3.05) is 39.6 Å². The Morgan fingerprint density at radius 2 is 0.412 bits per heavy atom. The van der Waals surface area contributed by atoms with Gasteiger partial charge in [0.2, 0.25) is 0 Å². The molecule has 17 nitrogen and oxygen atoms in total. The number of unbranched alkanes of at least 4 members (excludes halogenated alkanes) is 46. The Bertz CT molecular complexity index is 1990. The normalized spacial score (nSPS) is 14.0. The zero-order valence-corrected chi connectivity index (χ0v) is 69.0. The van der Waals surface area contributed by atoms with Gasteiger partial charge in [-0.25, -0.2) is 9.13 Å². The van der Waals surface area contributed by atoms with Crippen molar-refractivity contribution in [3.05, 3.63) is 0 Å². The number of phosphoric ester groups is 2. The first-order valence-electron chi connectivity index (χ1n) is 42.7. The molecule has 0 aromatic carbocycles. The number of carbonyl (C=O) groups excluding carboxylic acids is 4. The van der Waals surface area contributed by atoms with E-state index in [1.54, 1.807) is 0 Å². The van der Waals surface area contributed by atoms with E-state index in [2.05, 4.69) is 55.4 Å². The smallest absolute Gasteiger partial charge is 0.462 e. The molecule has 102 heavy (non-hydrogen) atoms. The van der Waals surface area contributed by atoms with E-state index < -0.39 is 97.5 Å². The van der Waals surface area contributed by atoms with Crippen LogP contribution in [0, 0.1) is 23.7 Å². The molecule has 0 saturated heterocycles. The second-order valence-electron chi connectivity index (χ2n) is 31.8. The third kappa shape index (κ3) is 76.3. The van der Waals surface area contributed by atoms with Gasteiger partial charge < -0.3 is 33.8 Å². The Labute approximate surface area is 626 Å². The molecule has 0 aromatic rings. The average Bonchev–Trinajstić information content (AvgIpc) is 0.915. The van der Waals surface area contributed by atoms with Crippen LogP contribution < -0.4 is 0 Å². The Kier molecular flexibility index (Phi) is 70.6. The van der Waals surface area contributed by atoms with Crippen LogP contribution in [0.1, 0.15) is 428 Å². The lowest BCUT2D eigenvalue weighted by Gasteiger charge is -2.21. The van der Waals surface area contributed by atoms with E-state index in [0.717, 1.165) is 114 Å². The first kappa shape index (κ1) is 100. The molecule has 0 aliphatic carbocycles. The summed E-state index contributed by atoms with van der Waals surface area (Å²) in [5, 5.41) is 10.7. The fourth-order valence-corrected chi connectivity index (χ4v) is 14.4. The van der Waals surface area contributed by atoms with Gasteiger partial charge in [0.05, 0.1) is 26.4 Å². The molecule has 0 bridgehead atoms. The maximum Gasteiger partial charge on any atom is 0.472 e. The van der Waals surface area contributed by atoms with Gasteiger partial charge in [-0.3, -0.25) is 37.3 Å². The highest BCUT2D eigenvalue weighted by atomic mass is 31.2. The predicted molar refractivity (Wildman–Crippen MR) is 418 cm³/mol. The van der Waals surface area contributed by atoms with Gasteiger partial charge in [0.25, 0.3) is 0 Å². The second kappa shape index (κ2) is 72.0. The van der Waals surface area contributed by atoms with Crippen molar-refractivity contribution >= 4 is 39.5 Å². The number of hydrogen-bond donors (Lipinski definition) is 3. The van der Waals surface area contributed by atoms with Crippen molar-refractivity contribution in [2.45, 2.75) is 446 Å². The van der Waals surface area contributed by atoms with Crippen molar-refractivity contribution in [1.82, 2.24) is 0 Å². The Morgan fingerprint density at radius 3 is 0.608 bits per heavy atom. The largest absolute Gasteiger partial charge is 0.472 e. The van der Waals surface area contributed by atoms with Crippen LogP contribution >= 0.6 is 15.6 Å². The molecule has 0 saturated carbocycles. The van der Waals surface area contributed by atoms with Crippen LogP contribution in [-0.4, -0.2) is 96.7 Å². The van der Waals surface area contributed by atoms with Gasteiger partial charge in [0.1, 0.15) is 19.3 Å². The van der Waals surface area contributed by atoms with Crippen LogP contribution in [0.25, 0.3) is 0 Å². The summed E-state index contributed by atoms with van der Waals surface area (Å²) in [6.07, 6.45) is 59.6. The molecule has 0 rings (SSSR count). The van der Waals surface area contributed by atoms with E-state index in [4.69, 9.17) is 37.0 Å². The molecule has 0 radical (unpaired) electrons. The summed E-state index contributed by atoms with van der Waals surface area (Å²) in [5.41, 5.74) is 0. The molecule has 3 N–H and O–H groups in total. The Morgan fingerprint density at radius 1 is 0.245 bits per heavy atom. The van der Waals surface area contributed by atoms with E-state index in [0.29, 0.717) is 25.7 Å². The zero-order valence-electron chi connectivity index (χ0n) is 67.2. The summed E-state index contributed by atoms with van der Waals surface area (Å²) in [7, 11) is -9.93. The van der Waals surface area contributed by atoms with Gasteiger partial charge >= 0.3 is 39.5 Å². The topological polar surface area (TPSA) is 237 Å². The molecule has 0 fully saturated rings. The van der Waals surface area contributed by atoms with Gasteiger partial charge in [-0.2, -0.15) is 0 Å². The number of ether oxygens (including phenoxy) is 4. The minimum absolute atomic E-state index is 0.106. The fraction of sp³-hybridized carbons (Fsp3) is 0.952. The molecule has 0 aliphatic heterocycles. The highest BCUT2D eigenvalue weighted by Crippen LogP contribution is 2.45. The van der Waals surface area contributed by atoms with Crippen molar-refractivity contribution in [1.29, 1.82) is 0 Å². The lowest BCUT2D eigenvalue weighted by Crippen LogP contribution is -2.30. The molecule has 19 heteroatoms. The number of hydrogen-bond acceptors (Lipinski definition) is 15. The molecule has 0 aromatic heterocycles. The van der Waals surface area contributed by atoms with Crippen molar-refractivity contribution in [3.8, 4) is 0 Å². The minimum Gasteiger partial charge on any atom is -0.462 e. The van der Waals surface area contributed by atoms with Crippen LogP contribution in [0.5, 0.6) is 0 Å². The highest BCUT2D eigenvalue weighted by molar-refractivity contribution is 7.47. The van der Waals surface area contributed by atoms with Gasteiger partial charge in [0.15, 0.2) is 12.2 Å².